The second-order valence-electron chi connectivity index (χ2n) is 6.61. The van der Waals surface area contributed by atoms with E-state index in [0.29, 0.717) is 16.3 Å². The van der Waals surface area contributed by atoms with Crippen LogP contribution >= 0.6 is 23.4 Å². The summed E-state index contributed by atoms with van der Waals surface area (Å²) in [5.41, 5.74) is 4.31. The SMILES string of the molecule is Cc1cc(C)c(NC(=O)CN2C(=O)S/C(=C/c3ccccc3Cl)C2=O)c(C)c1. The number of amides is 3. The molecule has 0 bridgehead atoms. The lowest BCUT2D eigenvalue weighted by molar-refractivity contribution is -0.127. The summed E-state index contributed by atoms with van der Waals surface area (Å²) in [6, 6.07) is 11.0. The zero-order chi connectivity index (χ0) is 20.4. The van der Waals surface area contributed by atoms with E-state index in [0.717, 1.165) is 33.4 Å². The number of rotatable bonds is 4. The normalized spacial score (nSPS) is 15.4. The molecule has 28 heavy (non-hydrogen) atoms. The molecular weight excluding hydrogens is 396 g/mol. The van der Waals surface area contributed by atoms with E-state index in [2.05, 4.69) is 5.32 Å². The molecule has 2 aromatic rings. The highest BCUT2D eigenvalue weighted by Gasteiger charge is 2.36. The van der Waals surface area contributed by atoms with Crippen molar-refractivity contribution in [1.82, 2.24) is 4.90 Å². The van der Waals surface area contributed by atoms with Gasteiger partial charge in [-0.15, -0.1) is 0 Å². The minimum atomic E-state index is -0.498. The average molecular weight is 415 g/mol. The maximum absolute atomic E-state index is 12.6. The molecule has 0 radical (unpaired) electrons. The second-order valence-corrected chi connectivity index (χ2v) is 8.01. The van der Waals surface area contributed by atoms with E-state index in [-0.39, 0.29) is 11.4 Å². The van der Waals surface area contributed by atoms with E-state index in [1.54, 1.807) is 30.3 Å². The predicted octanol–water partition coefficient (Wildman–Crippen LogP) is 4.94. The average Bonchev–Trinajstić information content (AvgIpc) is 2.87. The molecule has 1 aliphatic heterocycles. The van der Waals surface area contributed by atoms with E-state index in [1.807, 2.05) is 32.9 Å². The second kappa shape index (κ2) is 8.20. The van der Waals surface area contributed by atoms with Crippen molar-refractivity contribution in [3.05, 3.63) is 68.6 Å². The van der Waals surface area contributed by atoms with Gasteiger partial charge < -0.3 is 5.32 Å². The van der Waals surface area contributed by atoms with Crippen LogP contribution < -0.4 is 5.32 Å². The third-order valence-corrected chi connectivity index (χ3v) is 5.56. The van der Waals surface area contributed by atoms with E-state index < -0.39 is 17.1 Å². The van der Waals surface area contributed by atoms with Gasteiger partial charge in [-0.25, -0.2) is 0 Å². The fourth-order valence-corrected chi connectivity index (χ4v) is 4.09. The molecule has 7 heteroatoms. The number of carbonyl (C=O) groups excluding carboxylic acids is 3. The summed E-state index contributed by atoms with van der Waals surface area (Å²) in [6.45, 7) is 5.46. The van der Waals surface area contributed by atoms with Gasteiger partial charge in [0.15, 0.2) is 0 Å². The molecule has 3 rings (SSSR count). The number of aryl methyl sites for hydroxylation is 3. The summed E-state index contributed by atoms with van der Waals surface area (Å²) in [7, 11) is 0. The van der Waals surface area contributed by atoms with Gasteiger partial charge in [-0.3, -0.25) is 19.3 Å². The summed E-state index contributed by atoms with van der Waals surface area (Å²) < 4.78 is 0. The number of halogens is 1. The van der Waals surface area contributed by atoms with Gasteiger partial charge in [0.1, 0.15) is 6.54 Å². The number of carbonyl (C=O) groups is 3. The first-order chi connectivity index (χ1) is 13.3. The predicted molar refractivity (Wildman–Crippen MR) is 113 cm³/mol. The van der Waals surface area contributed by atoms with Crippen molar-refractivity contribution in [2.45, 2.75) is 20.8 Å². The van der Waals surface area contributed by atoms with Crippen molar-refractivity contribution in [2.24, 2.45) is 0 Å². The minimum Gasteiger partial charge on any atom is -0.324 e. The van der Waals surface area contributed by atoms with Gasteiger partial charge in [0, 0.05) is 10.7 Å². The first-order valence-corrected chi connectivity index (χ1v) is 9.83. The minimum absolute atomic E-state index is 0.244. The fraction of sp³-hybridized carbons (Fsp3) is 0.190. The smallest absolute Gasteiger partial charge is 0.294 e. The first kappa shape index (κ1) is 20.2. The van der Waals surface area contributed by atoms with Crippen LogP contribution in [-0.2, 0) is 9.59 Å². The Bertz CT molecular complexity index is 993. The molecule has 2 aromatic carbocycles. The lowest BCUT2D eigenvalue weighted by Gasteiger charge is -2.15. The molecule has 1 N–H and O–H groups in total. The van der Waals surface area contributed by atoms with E-state index in [4.69, 9.17) is 11.6 Å². The monoisotopic (exact) mass is 414 g/mol. The lowest BCUT2D eigenvalue weighted by Crippen LogP contribution is -2.36. The van der Waals surface area contributed by atoms with E-state index in [9.17, 15) is 14.4 Å². The van der Waals surface area contributed by atoms with Crippen LogP contribution in [0, 0.1) is 20.8 Å². The van der Waals surface area contributed by atoms with Gasteiger partial charge in [-0.2, -0.15) is 0 Å². The number of benzene rings is 2. The van der Waals surface area contributed by atoms with Crippen LogP contribution in [0.25, 0.3) is 6.08 Å². The van der Waals surface area contributed by atoms with Crippen LogP contribution in [-0.4, -0.2) is 28.5 Å². The molecule has 0 unspecified atom stereocenters. The molecule has 0 atom stereocenters. The van der Waals surface area contributed by atoms with Crippen LogP contribution in [0.2, 0.25) is 5.02 Å². The molecule has 1 heterocycles. The number of anilines is 1. The highest BCUT2D eigenvalue weighted by Crippen LogP contribution is 2.33. The molecule has 0 saturated carbocycles. The van der Waals surface area contributed by atoms with Crippen molar-refractivity contribution in [2.75, 3.05) is 11.9 Å². The van der Waals surface area contributed by atoms with Gasteiger partial charge in [0.05, 0.1) is 4.91 Å². The molecule has 1 fully saturated rings. The number of nitrogens with one attached hydrogen (secondary N) is 1. The zero-order valence-electron chi connectivity index (χ0n) is 15.7. The topological polar surface area (TPSA) is 66.5 Å². The van der Waals surface area contributed by atoms with E-state index >= 15 is 0 Å². The Labute approximate surface area is 172 Å². The molecule has 1 saturated heterocycles. The van der Waals surface area contributed by atoms with Crippen LogP contribution in [0.3, 0.4) is 0 Å². The Hall–Kier alpha value is -2.57. The molecule has 1 aliphatic rings. The molecule has 0 aromatic heterocycles. The van der Waals surface area contributed by atoms with Crippen LogP contribution in [0.4, 0.5) is 10.5 Å². The fourth-order valence-electron chi connectivity index (χ4n) is 3.07. The molecule has 0 aliphatic carbocycles. The summed E-state index contributed by atoms with van der Waals surface area (Å²) in [4.78, 5) is 38.5. The zero-order valence-corrected chi connectivity index (χ0v) is 17.3. The lowest BCUT2D eigenvalue weighted by atomic mass is 10.1. The van der Waals surface area contributed by atoms with Gasteiger partial charge >= 0.3 is 0 Å². The van der Waals surface area contributed by atoms with Crippen molar-refractivity contribution >= 4 is 52.2 Å². The van der Waals surface area contributed by atoms with Crippen molar-refractivity contribution in [3.8, 4) is 0 Å². The largest absolute Gasteiger partial charge is 0.324 e. The maximum Gasteiger partial charge on any atom is 0.294 e. The van der Waals surface area contributed by atoms with Crippen molar-refractivity contribution in [1.29, 1.82) is 0 Å². The number of nitrogens with zero attached hydrogens (tertiary/aromatic N) is 1. The highest BCUT2D eigenvalue weighted by atomic mass is 35.5. The third-order valence-electron chi connectivity index (χ3n) is 4.31. The summed E-state index contributed by atoms with van der Waals surface area (Å²) in [6.07, 6.45) is 1.57. The molecule has 3 amide bonds. The molecule has 0 spiro atoms. The Morgan fingerprint density at radius 3 is 2.43 bits per heavy atom. The molecule has 144 valence electrons. The Balaban J connectivity index is 1.74. The summed E-state index contributed by atoms with van der Waals surface area (Å²) in [5.74, 6) is -0.918. The van der Waals surface area contributed by atoms with Crippen LogP contribution in [0.1, 0.15) is 22.3 Å². The quantitative estimate of drug-likeness (QED) is 0.719. The standard InChI is InChI=1S/C21H19ClN2O3S/c1-12-8-13(2)19(14(3)9-12)23-18(25)11-24-20(26)17(28-21(24)27)10-15-6-4-5-7-16(15)22/h4-10H,11H2,1-3H3,(H,23,25)/b17-10+. The van der Waals surface area contributed by atoms with Crippen LogP contribution in [0.15, 0.2) is 41.3 Å². The van der Waals surface area contributed by atoms with Gasteiger partial charge in [0.25, 0.3) is 11.1 Å². The Morgan fingerprint density at radius 2 is 1.79 bits per heavy atom. The van der Waals surface area contributed by atoms with Crippen molar-refractivity contribution < 1.29 is 14.4 Å². The summed E-state index contributed by atoms with van der Waals surface area (Å²) in [5, 5.41) is 2.82. The number of thioether (sulfide) groups is 1. The van der Waals surface area contributed by atoms with Crippen LogP contribution in [0.5, 0.6) is 0 Å². The first-order valence-electron chi connectivity index (χ1n) is 8.64. The third kappa shape index (κ3) is 4.29. The van der Waals surface area contributed by atoms with E-state index in [1.165, 1.54) is 0 Å². The Morgan fingerprint density at radius 1 is 1.14 bits per heavy atom. The highest BCUT2D eigenvalue weighted by molar-refractivity contribution is 8.18. The molecule has 5 nitrogen and oxygen atoms in total. The van der Waals surface area contributed by atoms with Gasteiger partial charge in [-0.05, 0) is 61.4 Å². The maximum atomic E-state index is 12.6. The number of hydrogen-bond donors (Lipinski definition) is 1. The summed E-state index contributed by atoms with van der Waals surface area (Å²) >= 11 is 6.91. The van der Waals surface area contributed by atoms with Gasteiger partial charge in [-0.1, -0.05) is 47.5 Å². The van der Waals surface area contributed by atoms with Gasteiger partial charge in [0.2, 0.25) is 5.91 Å². The van der Waals surface area contributed by atoms with Crippen molar-refractivity contribution in [3.63, 3.8) is 0 Å². The number of imide groups is 1. The number of hydrogen-bond acceptors (Lipinski definition) is 4. The molecular formula is C21H19ClN2O3S. The Kier molecular flexibility index (Phi) is 5.91.